The van der Waals surface area contributed by atoms with E-state index in [1.54, 1.807) is 6.92 Å². The van der Waals surface area contributed by atoms with E-state index >= 15 is 0 Å². The molecule has 1 heterocycles. The summed E-state index contributed by atoms with van der Waals surface area (Å²) in [7, 11) is 0. The van der Waals surface area contributed by atoms with E-state index in [1.165, 1.54) is 0 Å². The van der Waals surface area contributed by atoms with Crippen LogP contribution >= 0.6 is 0 Å². The molecule has 0 aliphatic carbocycles. The quantitative estimate of drug-likeness (QED) is 0.876. The predicted molar refractivity (Wildman–Crippen MR) is 86.9 cm³/mol. The number of ether oxygens (including phenoxy) is 1. The zero-order chi connectivity index (χ0) is 16.3. The summed E-state index contributed by atoms with van der Waals surface area (Å²) in [4.78, 5) is 12.4. The molecule has 2 N–H and O–H groups in total. The Hall–Kier alpha value is -1.55. The Balaban J connectivity index is 2.30. The highest BCUT2D eigenvalue weighted by Gasteiger charge is 2.28. The fourth-order valence-corrected chi connectivity index (χ4v) is 3.10. The highest BCUT2D eigenvalue weighted by atomic mass is 16.5. The Morgan fingerprint density at radius 2 is 2.09 bits per heavy atom. The van der Waals surface area contributed by atoms with Gasteiger partial charge < -0.3 is 15.2 Å². The fourth-order valence-electron chi connectivity index (χ4n) is 3.10. The molecular weight excluding hydrogens is 278 g/mol. The van der Waals surface area contributed by atoms with Crippen molar-refractivity contribution in [2.24, 2.45) is 5.92 Å². The zero-order valence-corrected chi connectivity index (χ0v) is 14.0. The van der Waals surface area contributed by atoms with Crippen molar-refractivity contribution >= 4 is 5.91 Å². The van der Waals surface area contributed by atoms with Crippen LogP contribution in [0.2, 0.25) is 0 Å². The number of hydrogen-bond donors (Lipinski definition) is 2. The Morgan fingerprint density at radius 3 is 2.68 bits per heavy atom. The van der Waals surface area contributed by atoms with Crippen molar-refractivity contribution in [3.8, 4) is 5.75 Å². The maximum absolute atomic E-state index is 12.4. The van der Waals surface area contributed by atoms with Gasteiger partial charge in [0.25, 0.3) is 0 Å². The number of aliphatic hydroxyl groups is 1. The van der Waals surface area contributed by atoms with Crippen molar-refractivity contribution in [1.82, 2.24) is 5.32 Å². The molecule has 2 atom stereocenters. The van der Waals surface area contributed by atoms with Crippen molar-refractivity contribution in [2.45, 2.75) is 59.1 Å². The Kier molecular flexibility index (Phi) is 5.46. The van der Waals surface area contributed by atoms with E-state index in [9.17, 15) is 9.90 Å². The van der Waals surface area contributed by atoms with Crippen LogP contribution < -0.4 is 10.1 Å². The lowest BCUT2D eigenvalue weighted by Gasteiger charge is -2.30. The predicted octanol–water partition coefficient (Wildman–Crippen LogP) is 3.42. The number of hydrogen-bond acceptors (Lipinski definition) is 3. The number of fused-ring (bicyclic) bond motifs is 1. The number of carbonyl (C=O) groups is 1. The van der Waals surface area contributed by atoms with Gasteiger partial charge in [0.2, 0.25) is 5.91 Å². The lowest BCUT2D eigenvalue weighted by Crippen LogP contribution is -2.36. The first-order valence-electron chi connectivity index (χ1n) is 8.23. The molecule has 4 heteroatoms. The van der Waals surface area contributed by atoms with E-state index in [1.807, 2.05) is 26.8 Å². The third-order valence-corrected chi connectivity index (χ3v) is 4.44. The molecule has 1 aromatic rings. The third-order valence-electron chi connectivity index (χ3n) is 4.44. The zero-order valence-electron chi connectivity index (χ0n) is 14.0. The molecular formula is C18H27NO3. The third kappa shape index (κ3) is 3.43. The molecule has 1 aromatic carbocycles. The van der Waals surface area contributed by atoms with Crippen LogP contribution in [-0.2, 0) is 4.79 Å². The molecule has 0 spiro atoms. The van der Waals surface area contributed by atoms with E-state index in [0.29, 0.717) is 6.61 Å². The second-order valence-corrected chi connectivity index (χ2v) is 6.16. The molecule has 0 aromatic heterocycles. The summed E-state index contributed by atoms with van der Waals surface area (Å²) < 4.78 is 5.78. The largest absolute Gasteiger partial charge is 0.493 e. The molecule has 0 fully saturated rings. The maximum atomic E-state index is 12.4. The molecule has 0 bridgehead atoms. The van der Waals surface area contributed by atoms with Gasteiger partial charge in [-0.25, -0.2) is 0 Å². The number of amides is 1. The Bertz CT molecular complexity index is 535. The molecule has 0 radical (unpaired) electrons. The number of carbonyl (C=O) groups excluding carboxylic acids is 1. The number of aliphatic hydroxyl groups excluding tert-OH is 1. The number of nitrogens with one attached hydrogen (secondary N) is 1. The Labute approximate surface area is 132 Å². The topological polar surface area (TPSA) is 58.6 Å². The molecule has 0 saturated carbocycles. The van der Waals surface area contributed by atoms with Gasteiger partial charge in [0.05, 0.1) is 18.8 Å². The van der Waals surface area contributed by atoms with Gasteiger partial charge in [-0.1, -0.05) is 25.5 Å². The second kappa shape index (κ2) is 7.14. The average molecular weight is 305 g/mol. The monoisotopic (exact) mass is 305 g/mol. The molecule has 1 amide bonds. The minimum atomic E-state index is -0.581. The molecule has 1 aliphatic heterocycles. The average Bonchev–Trinajstić information content (AvgIpc) is 2.48. The summed E-state index contributed by atoms with van der Waals surface area (Å²) in [5, 5.41) is 13.1. The van der Waals surface area contributed by atoms with E-state index in [2.05, 4.69) is 11.4 Å². The van der Waals surface area contributed by atoms with Gasteiger partial charge in [-0.15, -0.1) is 0 Å². The van der Waals surface area contributed by atoms with Crippen LogP contribution in [0.1, 0.15) is 68.9 Å². The van der Waals surface area contributed by atoms with Crippen molar-refractivity contribution in [2.75, 3.05) is 6.61 Å². The summed E-state index contributed by atoms with van der Waals surface area (Å²) in [6.07, 6.45) is 1.89. The van der Waals surface area contributed by atoms with Crippen LogP contribution in [0.15, 0.2) is 12.1 Å². The lowest BCUT2D eigenvalue weighted by molar-refractivity contribution is -0.126. The molecule has 22 heavy (non-hydrogen) atoms. The maximum Gasteiger partial charge on any atom is 0.223 e. The molecule has 4 nitrogen and oxygen atoms in total. The van der Waals surface area contributed by atoms with Crippen LogP contribution in [0.4, 0.5) is 0 Å². The number of rotatable bonds is 5. The summed E-state index contributed by atoms with van der Waals surface area (Å²) in [6.45, 7) is 8.39. The minimum Gasteiger partial charge on any atom is -0.493 e. The number of benzene rings is 1. The molecule has 2 rings (SSSR count). The number of aryl methyl sites for hydroxylation is 1. The van der Waals surface area contributed by atoms with Gasteiger partial charge in [-0.3, -0.25) is 4.79 Å². The second-order valence-electron chi connectivity index (χ2n) is 6.16. The molecule has 2 unspecified atom stereocenters. The normalized spacial score (nSPS) is 18.5. The standard InChI is InChI=1S/C18H27NO3/c1-5-13(6-2)18(21)19-16-7-8-22-17-14(12(4)20)9-11(3)10-15(16)17/h9-10,12-13,16,20H,5-8H2,1-4H3,(H,19,21). The lowest BCUT2D eigenvalue weighted by atomic mass is 9.92. The van der Waals surface area contributed by atoms with Crippen LogP contribution in [0.5, 0.6) is 5.75 Å². The van der Waals surface area contributed by atoms with Gasteiger partial charge in [0, 0.05) is 23.5 Å². The summed E-state index contributed by atoms with van der Waals surface area (Å²) in [5.74, 6) is 0.914. The van der Waals surface area contributed by atoms with Crippen molar-refractivity contribution in [3.05, 3.63) is 28.8 Å². The summed E-state index contributed by atoms with van der Waals surface area (Å²) in [6, 6.07) is 3.97. The van der Waals surface area contributed by atoms with Gasteiger partial charge >= 0.3 is 0 Å². The van der Waals surface area contributed by atoms with Gasteiger partial charge in [0.1, 0.15) is 5.75 Å². The first kappa shape index (κ1) is 16.8. The SMILES string of the molecule is CCC(CC)C(=O)NC1CCOc2c(C(C)O)cc(C)cc21. The highest BCUT2D eigenvalue weighted by molar-refractivity contribution is 5.79. The molecule has 122 valence electrons. The van der Waals surface area contributed by atoms with Crippen molar-refractivity contribution in [3.63, 3.8) is 0 Å². The molecule has 1 aliphatic rings. The first-order chi connectivity index (χ1) is 10.5. The first-order valence-corrected chi connectivity index (χ1v) is 8.23. The minimum absolute atomic E-state index is 0.0331. The molecule has 0 saturated heterocycles. The van der Waals surface area contributed by atoms with Gasteiger partial charge in [0.15, 0.2) is 0 Å². The Morgan fingerprint density at radius 1 is 1.41 bits per heavy atom. The van der Waals surface area contributed by atoms with E-state index in [4.69, 9.17) is 4.74 Å². The van der Waals surface area contributed by atoms with Crippen LogP contribution in [0, 0.1) is 12.8 Å². The van der Waals surface area contributed by atoms with Crippen LogP contribution in [-0.4, -0.2) is 17.6 Å². The van der Waals surface area contributed by atoms with Gasteiger partial charge in [-0.05, 0) is 32.8 Å². The smallest absolute Gasteiger partial charge is 0.223 e. The summed E-state index contributed by atoms with van der Waals surface area (Å²) >= 11 is 0. The van der Waals surface area contributed by atoms with E-state index < -0.39 is 6.10 Å². The van der Waals surface area contributed by atoms with Gasteiger partial charge in [-0.2, -0.15) is 0 Å². The van der Waals surface area contributed by atoms with Crippen LogP contribution in [0.3, 0.4) is 0 Å². The van der Waals surface area contributed by atoms with Crippen molar-refractivity contribution in [1.29, 1.82) is 0 Å². The van der Waals surface area contributed by atoms with E-state index in [0.717, 1.165) is 41.7 Å². The van der Waals surface area contributed by atoms with Crippen molar-refractivity contribution < 1.29 is 14.6 Å². The van der Waals surface area contributed by atoms with E-state index in [-0.39, 0.29) is 17.9 Å². The van der Waals surface area contributed by atoms with Crippen LogP contribution in [0.25, 0.3) is 0 Å². The highest BCUT2D eigenvalue weighted by Crippen LogP contribution is 2.38. The fraction of sp³-hybridized carbons (Fsp3) is 0.611. The summed E-state index contributed by atoms with van der Waals surface area (Å²) in [5.41, 5.74) is 2.86.